The molecule has 3 aliphatic heterocycles. The lowest BCUT2D eigenvalue weighted by Gasteiger charge is -2.45. The van der Waals surface area contributed by atoms with Crippen molar-refractivity contribution in [3.8, 4) is 11.5 Å². The van der Waals surface area contributed by atoms with Gasteiger partial charge in [-0.3, -0.25) is 19.3 Å². The van der Waals surface area contributed by atoms with Gasteiger partial charge in [-0.25, -0.2) is 14.6 Å². The zero-order valence-corrected chi connectivity index (χ0v) is 31.1. The number of nitrogen functional groups attached to an aromatic ring is 1. The van der Waals surface area contributed by atoms with Gasteiger partial charge in [-0.15, -0.1) is 23.1 Å². The number of phenols is 2. The van der Waals surface area contributed by atoms with Crippen molar-refractivity contribution in [2.75, 3.05) is 37.7 Å². The van der Waals surface area contributed by atoms with Crippen LogP contribution in [0.1, 0.15) is 44.4 Å². The van der Waals surface area contributed by atoms with E-state index in [1.165, 1.54) is 28.4 Å². The first-order valence-corrected chi connectivity index (χ1v) is 18.2. The second kappa shape index (κ2) is 18.9. The van der Waals surface area contributed by atoms with Crippen molar-refractivity contribution in [2.45, 2.75) is 51.6 Å². The molecule has 3 aliphatic rings. The van der Waals surface area contributed by atoms with E-state index >= 15 is 0 Å². The monoisotopic (exact) mass is 792 g/mol. The molecule has 6 rings (SSSR count). The van der Waals surface area contributed by atoms with Gasteiger partial charge in [-0.1, -0.05) is 5.16 Å². The average Bonchev–Trinajstić information content (AvgIpc) is 3.76. The number of rotatable bonds is 10. The number of β-lactam (4-membered cyclic amide) rings is 1. The Hall–Kier alpha value is -5.67. The summed E-state index contributed by atoms with van der Waals surface area (Å²) < 4.78 is 2.45. The number of carbonyl (C=O) groups excluding carboxylic acids is 2. The minimum Gasteiger partial charge on any atom is -0.504 e. The summed E-state index contributed by atoms with van der Waals surface area (Å²) in [5.41, 5.74) is 13.0. The Morgan fingerprint density at radius 2 is 1.72 bits per heavy atom. The third kappa shape index (κ3) is 10.5. The highest BCUT2D eigenvalue weighted by Crippen LogP contribution is 2.41. The summed E-state index contributed by atoms with van der Waals surface area (Å²) >= 11 is 2.81. The Morgan fingerprint density at radius 3 is 2.26 bits per heavy atom. The lowest BCUT2D eigenvalue weighted by molar-refractivity contribution is -0.925. The zero-order valence-electron chi connectivity index (χ0n) is 29.5. The third-order valence-corrected chi connectivity index (χ3v) is 10.4. The summed E-state index contributed by atoms with van der Waals surface area (Å²) in [5.74, 6) is -3.22. The van der Waals surface area contributed by atoms with Gasteiger partial charge in [0.25, 0.3) is 5.97 Å². The largest absolute Gasteiger partial charge is 0.504 e. The SMILES string of the molecule is C=O.CC(=O)O.CCn1cc(C[N+]2(CC3=C(C(=O)O)N4C(=O)CC4SC3)CCCC2)c(=O)c2cc(O)c(O)cc21.N/C(=N\OCC(=O)O)c1csc(N)n1. The number of thiazole rings is 1. The molecule has 292 valence electrons. The molecule has 19 nitrogen and oxygen atoms in total. The van der Waals surface area contributed by atoms with Crippen molar-refractivity contribution in [3.05, 3.63) is 56.5 Å². The summed E-state index contributed by atoms with van der Waals surface area (Å²) in [6.07, 6.45) is 4.16. The van der Waals surface area contributed by atoms with Gasteiger partial charge in [0.1, 0.15) is 31.3 Å². The van der Waals surface area contributed by atoms with Crippen molar-refractivity contribution in [1.29, 1.82) is 0 Å². The Morgan fingerprint density at radius 1 is 1.09 bits per heavy atom. The van der Waals surface area contributed by atoms with E-state index in [9.17, 15) is 34.5 Å². The van der Waals surface area contributed by atoms with Gasteiger partial charge < -0.3 is 55.7 Å². The Balaban J connectivity index is 0.000000326. The topological polar surface area (TPSA) is 298 Å². The van der Waals surface area contributed by atoms with Gasteiger partial charge in [0.05, 0.1) is 41.4 Å². The maximum Gasteiger partial charge on any atom is 0.352 e. The van der Waals surface area contributed by atoms with Crippen LogP contribution < -0.4 is 16.9 Å². The molecule has 0 radical (unpaired) electrons. The predicted octanol–water partition coefficient (Wildman–Crippen LogP) is 1.54. The molecule has 21 heteroatoms. The number of anilines is 1. The number of aliphatic carboxylic acids is 3. The number of thioether (sulfide) groups is 1. The highest BCUT2D eigenvalue weighted by atomic mass is 32.2. The number of carboxylic acid groups (broad SMARTS) is 3. The van der Waals surface area contributed by atoms with E-state index in [1.807, 2.05) is 24.5 Å². The zero-order chi connectivity index (χ0) is 40.3. The number of nitrogens with zero attached hydrogens (tertiary/aromatic N) is 5. The Kier molecular flexibility index (Phi) is 15.0. The quantitative estimate of drug-likeness (QED) is 0.0382. The minimum absolute atomic E-state index is 0.000741. The fourth-order valence-corrected chi connectivity index (χ4v) is 8.01. The second-order valence-electron chi connectivity index (χ2n) is 12.2. The number of phenolic OH excluding ortho intramolecular Hbond substituents is 2. The Labute approximate surface area is 316 Å². The van der Waals surface area contributed by atoms with E-state index in [1.54, 1.807) is 17.1 Å². The van der Waals surface area contributed by atoms with Gasteiger partial charge in [-0.05, 0) is 13.0 Å². The number of aromatic hydroxyl groups is 2. The molecule has 2 aromatic heterocycles. The molecule has 0 saturated carbocycles. The van der Waals surface area contributed by atoms with Crippen LogP contribution in [0.15, 0.2) is 44.9 Å². The van der Waals surface area contributed by atoms with Gasteiger partial charge in [0, 0.05) is 55.3 Å². The van der Waals surface area contributed by atoms with Gasteiger partial charge in [-0.2, -0.15) is 0 Å². The molecule has 3 aromatic rings. The first-order valence-electron chi connectivity index (χ1n) is 16.2. The number of likely N-dealkylation sites (tertiary alicyclic amines) is 1. The number of nitrogens with two attached hydrogens (primary N) is 2. The molecule has 0 bridgehead atoms. The number of fused-ring (bicyclic) bond motifs is 2. The molecule has 1 amide bonds. The summed E-state index contributed by atoms with van der Waals surface area (Å²) in [6, 6.07) is 2.72. The standard InChI is InChI=1S/C24H27N3O6S.C6H8N4O3S.C2H4O2.CH2O/c1-2-25-10-14(23(31)16-7-18(28)19(29)8-17(16)25)11-27(5-3-4-6-27)12-15-13-34-21-9-20(30)26(21)22(15)24(32)33;7-5(10-13-1-4(11)12)3-2-14-6(8)9-3;1-2(3)4;1-2/h7-8,10,21H,2-6,9,11-13H2,1H3,(H2-,28,29,31,32,33);2H,1H2,(H2,7,10)(H2,8,9)(H,11,12);1H3,(H,3,4);1H2/p+1. The summed E-state index contributed by atoms with van der Waals surface area (Å²) in [6.45, 7) is 7.63. The fraction of sp³-hybridized carbons (Fsp3) is 0.394. The lowest BCUT2D eigenvalue weighted by atomic mass is 10.1. The molecule has 2 fully saturated rings. The predicted molar refractivity (Wildman–Crippen MR) is 199 cm³/mol. The number of amides is 1. The summed E-state index contributed by atoms with van der Waals surface area (Å²) in [7, 11) is 0. The number of hydrogen-bond acceptors (Lipinski definition) is 14. The first kappa shape index (κ1) is 42.7. The van der Waals surface area contributed by atoms with Crippen LogP contribution >= 0.6 is 23.1 Å². The molecular formula is C33H42N7O12S2+. The van der Waals surface area contributed by atoms with Crippen molar-refractivity contribution in [2.24, 2.45) is 10.9 Å². The lowest BCUT2D eigenvalue weighted by Crippen LogP contribution is -2.56. The second-order valence-corrected chi connectivity index (χ2v) is 14.2. The number of carboxylic acids is 3. The van der Waals surface area contributed by atoms with Crippen LogP contribution in [0.3, 0.4) is 0 Å². The molecule has 2 saturated heterocycles. The molecule has 1 atom stereocenters. The van der Waals surface area contributed by atoms with Crippen LogP contribution in [0.2, 0.25) is 0 Å². The maximum absolute atomic E-state index is 13.4. The van der Waals surface area contributed by atoms with Crippen molar-refractivity contribution < 1.29 is 58.8 Å². The number of amidine groups is 1. The third-order valence-electron chi connectivity index (χ3n) is 8.41. The number of carbonyl (C=O) groups is 5. The molecular weight excluding hydrogens is 751 g/mol. The van der Waals surface area contributed by atoms with E-state index in [0.717, 1.165) is 38.4 Å². The molecule has 1 unspecified atom stereocenters. The van der Waals surface area contributed by atoms with E-state index in [4.69, 9.17) is 31.3 Å². The maximum atomic E-state index is 13.4. The van der Waals surface area contributed by atoms with E-state index in [2.05, 4.69) is 15.0 Å². The number of quaternary nitrogens is 1. The first-order chi connectivity index (χ1) is 25.6. The highest BCUT2D eigenvalue weighted by molar-refractivity contribution is 8.00. The molecule has 0 aliphatic carbocycles. The van der Waals surface area contributed by atoms with E-state index in [0.29, 0.717) is 63.6 Å². The van der Waals surface area contributed by atoms with Crippen LogP contribution in [0.5, 0.6) is 11.5 Å². The summed E-state index contributed by atoms with van der Waals surface area (Å²) in [4.78, 5) is 74.4. The van der Waals surface area contributed by atoms with Crippen LogP contribution in [0, 0.1) is 0 Å². The van der Waals surface area contributed by atoms with Crippen molar-refractivity contribution >= 4 is 75.6 Å². The molecule has 5 heterocycles. The normalized spacial score (nSPS) is 17.1. The van der Waals surface area contributed by atoms with E-state index in [-0.39, 0.29) is 39.7 Å². The van der Waals surface area contributed by atoms with Gasteiger partial charge in [0.15, 0.2) is 27.9 Å². The number of aryl methyl sites for hydroxylation is 1. The molecule has 0 spiro atoms. The number of oxime groups is 1. The highest BCUT2D eigenvalue weighted by Gasteiger charge is 2.47. The minimum atomic E-state index is -1.13. The fourth-order valence-electron chi connectivity index (χ4n) is 6.20. The number of pyridine rings is 1. The van der Waals surface area contributed by atoms with Gasteiger partial charge >= 0.3 is 11.9 Å². The van der Waals surface area contributed by atoms with E-state index < -0.39 is 24.5 Å². The van der Waals surface area contributed by atoms with Gasteiger partial charge in [0.2, 0.25) is 12.5 Å². The van der Waals surface area contributed by atoms with Crippen LogP contribution in [-0.4, -0.2) is 118 Å². The summed E-state index contributed by atoms with van der Waals surface area (Å²) in [5, 5.41) is 51.1. The van der Waals surface area contributed by atoms with Crippen LogP contribution in [0.25, 0.3) is 10.9 Å². The smallest absolute Gasteiger partial charge is 0.352 e. The van der Waals surface area contributed by atoms with Crippen LogP contribution in [-0.2, 0) is 41.9 Å². The number of hydrogen-bond donors (Lipinski definition) is 7. The molecule has 1 aromatic carbocycles. The number of benzene rings is 1. The Bertz CT molecular complexity index is 2000. The molecule has 9 N–H and O–H groups in total. The average molecular weight is 793 g/mol. The van der Waals surface area contributed by atoms with Crippen molar-refractivity contribution in [3.63, 3.8) is 0 Å². The number of aromatic nitrogens is 2. The van der Waals surface area contributed by atoms with Crippen molar-refractivity contribution in [1.82, 2.24) is 14.5 Å². The molecule has 54 heavy (non-hydrogen) atoms. The van der Waals surface area contributed by atoms with Crippen LogP contribution in [0.4, 0.5) is 5.13 Å².